The number of carbonyl (C=O) groups excluding carboxylic acids is 2. The SMILES string of the molecule is COc1ccccc1OCC(=O)NNC(=O)C(C)Oc1c(C)cc(Cl)cc1C. The molecule has 7 nitrogen and oxygen atoms in total. The molecule has 2 aromatic carbocycles. The fourth-order valence-corrected chi connectivity index (χ4v) is 2.79. The molecule has 0 spiro atoms. The topological polar surface area (TPSA) is 85.9 Å². The van der Waals surface area contributed by atoms with E-state index < -0.39 is 17.9 Å². The molecule has 0 radical (unpaired) electrons. The molecule has 0 aliphatic rings. The number of rotatable bonds is 7. The molecular formula is C20H23ClN2O5. The van der Waals surface area contributed by atoms with Gasteiger partial charge in [-0.3, -0.25) is 20.4 Å². The molecule has 2 rings (SSSR count). The van der Waals surface area contributed by atoms with Gasteiger partial charge in [0.05, 0.1) is 7.11 Å². The zero-order valence-electron chi connectivity index (χ0n) is 16.2. The highest BCUT2D eigenvalue weighted by Gasteiger charge is 2.18. The molecule has 0 aromatic heterocycles. The molecule has 1 atom stereocenters. The maximum Gasteiger partial charge on any atom is 0.279 e. The Morgan fingerprint density at radius 1 is 1.07 bits per heavy atom. The second-order valence-electron chi connectivity index (χ2n) is 6.11. The van der Waals surface area contributed by atoms with E-state index in [1.54, 1.807) is 43.3 Å². The van der Waals surface area contributed by atoms with Gasteiger partial charge in [-0.05, 0) is 56.2 Å². The number of hydrogen-bond acceptors (Lipinski definition) is 5. The van der Waals surface area contributed by atoms with Crippen molar-refractivity contribution in [1.82, 2.24) is 10.9 Å². The lowest BCUT2D eigenvalue weighted by molar-refractivity contribution is -0.133. The van der Waals surface area contributed by atoms with Gasteiger partial charge in [0.1, 0.15) is 5.75 Å². The second kappa shape index (κ2) is 9.85. The molecule has 0 aliphatic heterocycles. The standard InChI is InChI=1S/C20H23ClN2O5/c1-12-9-15(21)10-13(2)19(12)28-14(3)20(25)23-22-18(24)11-27-17-8-6-5-7-16(17)26-4/h5-10,14H,11H2,1-4H3,(H,22,24)(H,23,25). The summed E-state index contributed by atoms with van der Waals surface area (Å²) in [7, 11) is 1.51. The summed E-state index contributed by atoms with van der Waals surface area (Å²) in [6.45, 7) is 4.98. The van der Waals surface area contributed by atoms with Gasteiger partial charge in [-0.1, -0.05) is 23.7 Å². The zero-order valence-corrected chi connectivity index (χ0v) is 16.9. The van der Waals surface area contributed by atoms with Crippen LogP contribution in [0.15, 0.2) is 36.4 Å². The molecule has 2 amide bonds. The van der Waals surface area contributed by atoms with Crippen molar-refractivity contribution >= 4 is 23.4 Å². The van der Waals surface area contributed by atoms with Crippen LogP contribution in [0.4, 0.5) is 0 Å². The first-order valence-electron chi connectivity index (χ1n) is 8.59. The highest BCUT2D eigenvalue weighted by Crippen LogP contribution is 2.28. The number of nitrogens with one attached hydrogen (secondary N) is 2. The molecule has 2 aromatic rings. The number of methoxy groups -OCH3 is 1. The van der Waals surface area contributed by atoms with Gasteiger partial charge in [-0.2, -0.15) is 0 Å². The molecule has 0 fully saturated rings. The fraction of sp³-hybridized carbons (Fsp3) is 0.300. The Bertz CT molecular complexity index is 833. The first-order chi connectivity index (χ1) is 13.3. The maximum absolute atomic E-state index is 12.2. The molecule has 1 unspecified atom stereocenters. The van der Waals surface area contributed by atoms with E-state index in [9.17, 15) is 9.59 Å². The van der Waals surface area contributed by atoms with Crippen LogP contribution in [-0.4, -0.2) is 31.6 Å². The Kier molecular flexibility index (Phi) is 7.52. The van der Waals surface area contributed by atoms with Crippen LogP contribution in [-0.2, 0) is 9.59 Å². The Balaban J connectivity index is 1.83. The first-order valence-corrected chi connectivity index (χ1v) is 8.97. The highest BCUT2D eigenvalue weighted by molar-refractivity contribution is 6.30. The van der Waals surface area contributed by atoms with E-state index in [0.29, 0.717) is 22.3 Å². The molecular weight excluding hydrogens is 384 g/mol. The lowest BCUT2D eigenvalue weighted by Gasteiger charge is -2.18. The van der Waals surface area contributed by atoms with Crippen molar-refractivity contribution in [1.29, 1.82) is 0 Å². The minimum atomic E-state index is -0.825. The van der Waals surface area contributed by atoms with Crippen molar-refractivity contribution in [2.24, 2.45) is 0 Å². The number of halogens is 1. The lowest BCUT2D eigenvalue weighted by Crippen LogP contribution is -2.48. The van der Waals surface area contributed by atoms with Crippen LogP contribution < -0.4 is 25.1 Å². The van der Waals surface area contributed by atoms with E-state index in [4.69, 9.17) is 25.8 Å². The number of amides is 2. The van der Waals surface area contributed by atoms with Crippen LogP contribution in [0.5, 0.6) is 17.2 Å². The lowest BCUT2D eigenvalue weighted by atomic mass is 10.1. The number of para-hydroxylation sites is 2. The van der Waals surface area contributed by atoms with Gasteiger partial charge < -0.3 is 14.2 Å². The summed E-state index contributed by atoms with van der Waals surface area (Å²) in [5.74, 6) is 0.495. The number of ether oxygens (including phenoxy) is 3. The van der Waals surface area contributed by atoms with Gasteiger partial charge in [0, 0.05) is 5.02 Å². The molecule has 0 saturated carbocycles. The molecule has 8 heteroatoms. The van der Waals surface area contributed by atoms with Gasteiger partial charge in [0.2, 0.25) is 0 Å². The minimum Gasteiger partial charge on any atom is -0.493 e. The number of benzene rings is 2. The molecule has 2 N–H and O–H groups in total. The summed E-state index contributed by atoms with van der Waals surface area (Å²) in [4.78, 5) is 24.1. The first kappa shape index (κ1) is 21.4. The molecule has 28 heavy (non-hydrogen) atoms. The summed E-state index contributed by atoms with van der Waals surface area (Å²) >= 11 is 6.00. The highest BCUT2D eigenvalue weighted by atomic mass is 35.5. The van der Waals surface area contributed by atoms with Crippen LogP contribution in [0.2, 0.25) is 5.02 Å². The van der Waals surface area contributed by atoms with Crippen LogP contribution in [0.1, 0.15) is 18.1 Å². The van der Waals surface area contributed by atoms with Crippen LogP contribution in [0.3, 0.4) is 0 Å². The number of carbonyl (C=O) groups is 2. The van der Waals surface area contributed by atoms with Gasteiger partial charge >= 0.3 is 0 Å². The van der Waals surface area contributed by atoms with E-state index in [2.05, 4.69) is 10.9 Å². The van der Waals surface area contributed by atoms with Crippen molar-refractivity contribution in [3.05, 3.63) is 52.5 Å². The summed E-state index contributed by atoms with van der Waals surface area (Å²) in [6.07, 6.45) is -0.825. The average molecular weight is 407 g/mol. The van der Waals surface area contributed by atoms with Crippen molar-refractivity contribution in [3.63, 3.8) is 0 Å². The maximum atomic E-state index is 12.2. The van der Waals surface area contributed by atoms with Crippen molar-refractivity contribution in [2.75, 3.05) is 13.7 Å². The molecule has 0 saturated heterocycles. The largest absolute Gasteiger partial charge is 0.493 e. The van der Waals surface area contributed by atoms with E-state index in [-0.39, 0.29) is 6.61 Å². The Hall–Kier alpha value is -2.93. The average Bonchev–Trinajstić information content (AvgIpc) is 2.67. The zero-order chi connectivity index (χ0) is 20.7. The Morgan fingerprint density at radius 3 is 2.29 bits per heavy atom. The normalized spacial score (nSPS) is 11.3. The monoisotopic (exact) mass is 406 g/mol. The van der Waals surface area contributed by atoms with Gasteiger partial charge in [0.25, 0.3) is 11.8 Å². The third kappa shape index (κ3) is 5.79. The van der Waals surface area contributed by atoms with Crippen molar-refractivity contribution in [2.45, 2.75) is 26.9 Å². The summed E-state index contributed by atoms with van der Waals surface area (Å²) in [6, 6.07) is 10.5. The fourth-order valence-electron chi connectivity index (χ4n) is 2.46. The van der Waals surface area contributed by atoms with E-state index in [1.165, 1.54) is 7.11 Å². The quantitative estimate of drug-likeness (QED) is 0.690. The Labute approximate surface area is 168 Å². The summed E-state index contributed by atoms with van der Waals surface area (Å²) in [5, 5.41) is 0.599. The predicted octanol–water partition coefficient (Wildman–Crippen LogP) is 2.96. The smallest absolute Gasteiger partial charge is 0.279 e. The van der Waals surface area contributed by atoms with E-state index in [1.807, 2.05) is 13.8 Å². The van der Waals surface area contributed by atoms with Crippen molar-refractivity contribution in [3.8, 4) is 17.2 Å². The number of hydrogen-bond donors (Lipinski definition) is 2. The molecule has 0 bridgehead atoms. The number of aryl methyl sites for hydroxylation is 2. The third-order valence-corrected chi connectivity index (χ3v) is 4.06. The van der Waals surface area contributed by atoms with Crippen LogP contribution >= 0.6 is 11.6 Å². The van der Waals surface area contributed by atoms with Gasteiger partial charge in [-0.25, -0.2) is 0 Å². The predicted molar refractivity (Wildman–Crippen MR) is 106 cm³/mol. The van der Waals surface area contributed by atoms with Gasteiger partial charge in [-0.15, -0.1) is 0 Å². The molecule has 0 aliphatic carbocycles. The minimum absolute atomic E-state index is 0.286. The van der Waals surface area contributed by atoms with Crippen LogP contribution in [0.25, 0.3) is 0 Å². The second-order valence-corrected chi connectivity index (χ2v) is 6.54. The Morgan fingerprint density at radius 2 is 1.68 bits per heavy atom. The van der Waals surface area contributed by atoms with E-state index >= 15 is 0 Å². The summed E-state index contributed by atoms with van der Waals surface area (Å²) < 4.78 is 16.2. The van der Waals surface area contributed by atoms with E-state index in [0.717, 1.165) is 11.1 Å². The number of hydrazine groups is 1. The molecule has 150 valence electrons. The van der Waals surface area contributed by atoms with Crippen molar-refractivity contribution < 1.29 is 23.8 Å². The van der Waals surface area contributed by atoms with Gasteiger partial charge in [0.15, 0.2) is 24.2 Å². The third-order valence-electron chi connectivity index (χ3n) is 3.84. The van der Waals surface area contributed by atoms with Crippen LogP contribution in [0, 0.1) is 13.8 Å². The molecule has 0 heterocycles. The summed E-state index contributed by atoms with van der Waals surface area (Å²) in [5.41, 5.74) is 6.24.